The fourth-order valence-electron chi connectivity index (χ4n) is 4.16. The van der Waals surface area contributed by atoms with Gasteiger partial charge in [-0.2, -0.15) is 5.10 Å². The summed E-state index contributed by atoms with van der Waals surface area (Å²) in [6.07, 6.45) is 6.44. The number of imidazole rings is 1. The zero-order valence-corrected chi connectivity index (χ0v) is 17.5. The van der Waals surface area contributed by atoms with Crippen LogP contribution in [0.25, 0.3) is 5.52 Å². The topological polar surface area (TPSA) is 94.4 Å². The van der Waals surface area contributed by atoms with E-state index in [4.69, 9.17) is 9.52 Å². The van der Waals surface area contributed by atoms with Crippen LogP contribution in [0.15, 0.2) is 35.1 Å². The predicted octanol–water partition coefficient (Wildman–Crippen LogP) is 2.53. The molecule has 1 aliphatic heterocycles. The van der Waals surface area contributed by atoms with Crippen LogP contribution in [0.5, 0.6) is 0 Å². The van der Waals surface area contributed by atoms with Gasteiger partial charge in [0, 0.05) is 30.8 Å². The third-order valence-corrected chi connectivity index (χ3v) is 6.36. The van der Waals surface area contributed by atoms with Crippen LogP contribution in [-0.4, -0.2) is 46.5 Å². The third kappa shape index (κ3) is 2.69. The van der Waals surface area contributed by atoms with Gasteiger partial charge in [-0.1, -0.05) is 6.07 Å². The first-order valence-electron chi connectivity index (χ1n) is 10.0. The van der Waals surface area contributed by atoms with E-state index in [1.807, 2.05) is 40.2 Å². The largest absolute Gasteiger partial charge is 0.417 e. The van der Waals surface area contributed by atoms with Crippen molar-refractivity contribution < 1.29 is 9.21 Å². The number of pyridine rings is 1. The molecule has 2 aliphatic rings. The highest BCUT2D eigenvalue weighted by Crippen LogP contribution is 2.40. The second kappa shape index (κ2) is 6.47. The van der Waals surface area contributed by atoms with Gasteiger partial charge in [-0.15, -0.1) is 10.2 Å². The second-order valence-electron chi connectivity index (χ2n) is 7.94. The minimum absolute atomic E-state index is 0.0376. The molecule has 9 nitrogen and oxygen atoms in total. The average Bonchev–Trinajstić information content (AvgIpc) is 3.15. The van der Waals surface area contributed by atoms with Gasteiger partial charge in [0.1, 0.15) is 6.04 Å². The van der Waals surface area contributed by atoms with Crippen LogP contribution in [-0.2, 0) is 6.42 Å². The molecule has 30 heavy (non-hydrogen) atoms. The molecular formula is C20H20N7O2P. The van der Waals surface area contributed by atoms with E-state index in [0.717, 1.165) is 41.0 Å². The van der Waals surface area contributed by atoms with Gasteiger partial charge in [0.2, 0.25) is 5.89 Å². The summed E-state index contributed by atoms with van der Waals surface area (Å²) >= 11 is 0. The zero-order chi connectivity index (χ0) is 20.4. The van der Waals surface area contributed by atoms with Crippen molar-refractivity contribution in [2.75, 3.05) is 6.54 Å². The van der Waals surface area contributed by atoms with Crippen LogP contribution < -0.4 is 0 Å². The van der Waals surface area contributed by atoms with Gasteiger partial charge in [-0.05, 0) is 46.9 Å². The molecule has 0 saturated heterocycles. The Balaban J connectivity index is 1.45. The lowest BCUT2D eigenvalue weighted by molar-refractivity contribution is 0.0643. The Morgan fingerprint density at radius 1 is 1.30 bits per heavy atom. The Kier molecular flexibility index (Phi) is 3.83. The molecule has 0 N–H and O–H groups in total. The minimum Gasteiger partial charge on any atom is -0.417 e. The van der Waals surface area contributed by atoms with Crippen LogP contribution in [0.2, 0.25) is 0 Å². The summed E-state index contributed by atoms with van der Waals surface area (Å²) in [5.74, 6) is 0.620. The standard InChI is InChI=1S/C20H20N7O2P/c1-11-3-2-7-26-15(11)9-13(24-26)17-16-14(27(30)10-21-16)6-8-25(17)20(28)19-23-22-18(29-19)12-4-5-12/h2-3,7,9-10,12,17H,4-6,8,30H2,1H3/t17-/m1/s1. The number of aryl methyl sites for hydroxylation is 1. The second-order valence-corrected chi connectivity index (χ2v) is 8.50. The van der Waals surface area contributed by atoms with E-state index in [2.05, 4.69) is 24.6 Å². The Morgan fingerprint density at radius 2 is 2.17 bits per heavy atom. The molecular weight excluding hydrogens is 401 g/mol. The summed E-state index contributed by atoms with van der Waals surface area (Å²) in [6.45, 7) is 2.57. The number of amides is 1. The number of hydrogen-bond donors (Lipinski definition) is 0. The zero-order valence-electron chi connectivity index (χ0n) is 16.4. The first-order valence-corrected chi connectivity index (χ1v) is 10.5. The molecule has 152 valence electrons. The summed E-state index contributed by atoms with van der Waals surface area (Å²) in [5.41, 5.74) is 4.79. The molecule has 1 fully saturated rings. The van der Waals surface area contributed by atoms with Crippen LogP contribution >= 0.6 is 9.39 Å². The quantitative estimate of drug-likeness (QED) is 0.472. The van der Waals surface area contributed by atoms with Gasteiger partial charge < -0.3 is 13.7 Å². The first kappa shape index (κ1) is 17.8. The third-order valence-electron chi connectivity index (χ3n) is 5.91. The van der Waals surface area contributed by atoms with Gasteiger partial charge in [0.05, 0.1) is 23.2 Å². The number of aromatic nitrogens is 6. The van der Waals surface area contributed by atoms with Crippen molar-refractivity contribution in [3.8, 4) is 0 Å². The number of carbonyl (C=O) groups is 1. The highest BCUT2D eigenvalue weighted by Gasteiger charge is 2.39. The SMILES string of the molecule is Cc1cccn2nc([C@@H]3c4ncn(P)c4CCN3C(=O)c3nnc(C4CC4)o3)cc12. The predicted molar refractivity (Wildman–Crippen MR) is 110 cm³/mol. The van der Waals surface area contributed by atoms with Crippen LogP contribution in [0.3, 0.4) is 0 Å². The van der Waals surface area contributed by atoms with Crippen LogP contribution in [0.1, 0.15) is 64.0 Å². The number of carbonyl (C=O) groups excluding carboxylic acids is 1. The normalized spacial score (nSPS) is 18.7. The summed E-state index contributed by atoms with van der Waals surface area (Å²) in [5, 5.41) is 12.9. The van der Waals surface area contributed by atoms with E-state index in [0.29, 0.717) is 24.8 Å². The molecule has 5 heterocycles. The van der Waals surface area contributed by atoms with E-state index in [9.17, 15) is 4.79 Å². The van der Waals surface area contributed by atoms with Crippen molar-refractivity contribution in [1.29, 1.82) is 0 Å². The number of hydrogen-bond acceptors (Lipinski definition) is 6. The molecule has 0 aromatic carbocycles. The average molecular weight is 421 g/mol. The molecule has 4 aromatic heterocycles. The van der Waals surface area contributed by atoms with E-state index < -0.39 is 6.04 Å². The van der Waals surface area contributed by atoms with Gasteiger partial charge >= 0.3 is 11.8 Å². The van der Waals surface area contributed by atoms with Crippen molar-refractivity contribution in [1.82, 2.24) is 34.0 Å². The summed E-state index contributed by atoms with van der Waals surface area (Å²) in [4.78, 5) is 19.8. The molecule has 1 amide bonds. The molecule has 6 rings (SSSR count). The molecule has 1 saturated carbocycles. The van der Waals surface area contributed by atoms with Crippen molar-refractivity contribution >= 4 is 20.8 Å². The Morgan fingerprint density at radius 3 is 2.97 bits per heavy atom. The smallest absolute Gasteiger partial charge is 0.312 e. The molecule has 10 heteroatoms. The Labute approximate surface area is 174 Å². The lowest BCUT2D eigenvalue weighted by Crippen LogP contribution is -2.41. The van der Waals surface area contributed by atoms with Gasteiger partial charge in [-0.25, -0.2) is 9.50 Å². The monoisotopic (exact) mass is 421 g/mol. The summed E-state index contributed by atoms with van der Waals surface area (Å²) in [7, 11) is 2.66. The molecule has 0 spiro atoms. The maximum atomic E-state index is 13.4. The molecule has 4 aromatic rings. The molecule has 2 atom stereocenters. The summed E-state index contributed by atoms with van der Waals surface area (Å²) < 4.78 is 9.49. The van der Waals surface area contributed by atoms with Crippen LogP contribution in [0.4, 0.5) is 0 Å². The fourth-order valence-corrected chi connectivity index (χ4v) is 4.48. The van der Waals surface area contributed by atoms with Gasteiger partial charge in [0.25, 0.3) is 0 Å². The summed E-state index contributed by atoms with van der Waals surface area (Å²) in [6, 6.07) is 5.62. The molecule has 0 radical (unpaired) electrons. The van der Waals surface area contributed by atoms with E-state index in [-0.39, 0.29) is 11.8 Å². The molecule has 0 bridgehead atoms. The van der Waals surface area contributed by atoms with Crippen molar-refractivity contribution in [3.05, 3.63) is 65.1 Å². The molecule has 1 unspecified atom stereocenters. The maximum Gasteiger partial charge on any atom is 0.312 e. The highest BCUT2D eigenvalue weighted by atomic mass is 31.0. The number of nitrogens with zero attached hydrogens (tertiary/aromatic N) is 7. The van der Waals surface area contributed by atoms with Gasteiger partial charge in [-0.3, -0.25) is 4.79 Å². The maximum absolute atomic E-state index is 13.4. The van der Waals surface area contributed by atoms with Gasteiger partial charge in [0.15, 0.2) is 0 Å². The minimum atomic E-state index is -0.418. The first-order chi connectivity index (χ1) is 14.6. The Hall–Kier alpha value is -3.06. The number of rotatable bonds is 3. The fraction of sp³-hybridized carbons (Fsp3) is 0.350. The van der Waals surface area contributed by atoms with E-state index in [1.54, 1.807) is 11.2 Å². The highest BCUT2D eigenvalue weighted by molar-refractivity contribution is 7.14. The van der Waals surface area contributed by atoms with Crippen molar-refractivity contribution in [2.45, 2.75) is 38.1 Å². The Bertz CT molecular complexity index is 1290. The van der Waals surface area contributed by atoms with E-state index in [1.165, 1.54) is 0 Å². The van der Waals surface area contributed by atoms with Crippen molar-refractivity contribution in [3.63, 3.8) is 0 Å². The van der Waals surface area contributed by atoms with Crippen molar-refractivity contribution in [2.24, 2.45) is 0 Å². The number of fused-ring (bicyclic) bond motifs is 2. The lowest BCUT2D eigenvalue weighted by atomic mass is 9.99. The van der Waals surface area contributed by atoms with E-state index >= 15 is 0 Å². The molecule has 1 aliphatic carbocycles. The lowest BCUT2D eigenvalue weighted by Gasteiger charge is -2.33. The van der Waals surface area contributed by atoms with Crippen LogP contribution in [0, 0.1) is 6.92 Å².